The Morgan fingerprint density at radius 3 is 2.46 bits per heavy atom. The second-order valence-electron chi connectivity index (χ2n) is 4.81. The monoisotopic (exact) mass is 186 g/mol. The molecule has 0 amide bonds. The van der Waals surface area contributed by atoms with E-state index in [-0.39, 0.29) is 11.7 Å². The van der Waals surface area contributed by atoms with Crippen LogP contribution in [0.3, 0.4) is 0 Å². The molecule has 1 N–H and O–H groups in total. The van der Waals surface area contributed by atoms with Crippen LogP contribution in [0.2, 0.25) is 0 Å². The number of aliphatic hydroxyl groups excluding tert-OH is 1. The first-order chi connectivity index (χ1) is 5.99. The van der Waals surface area contributed by atoms with Gasteiger partial charge in [-0.05, 0) is 38.0 Å². The summed E-state index contributed by atoms with van der Waals surface area (Å²) in [5.41, 5.74) is -0.300. The molecule has 2 heteroatoms. The average Bonchev–Trinajstić information content (AvgIpc) is 2.09. The van der Waals surface area contributed by atoms with Crippen molar-refractivity contribution in [2.24, 2.45) is 11.8 Å². The van der Waals surface area contributed by atoms with Crippen molar-refractivity contribution in [3.63, 3.8) is 0 Å². The van der Waals surface area contributed by atoms with Crippen LogP contribution in [0.25, 0.3) is 0 Å². The molecule has 0 aromatic carbocycles. The summed E-state index contributed by atoms with van der Waals surface area (Å²) in [6, 6.07) is 0. The molecule has 1 aliphatic carbocycles. The third kappa shape index (κ3) is 2.23. The first-order valence-electron chi connectivity index (χ1n) is 5.23. The molecule has 0 saturated heterocycles. The quantitative estimate of drug-likeness (QED) is 0.716. The van der Waals surface area contributed by atoms with Gasteiger partial charge in [-0.2, -0.15) is 0 Å². The molecular weight excluding hydrogens is 164 g/mol. The molecule has 1 aliphatic rings. The lowest BCUT2D eigenvalue weighted by Gasteiger charge is -2.41. The molecule has 1 rings (SSSR count). The van der Waals surface area contributed by atoms with E-state index in [4.69, 9.17) is 4.74 Å². The second-order valence-corrected chi connectivity index (χ2v) is 4.81. The van der Waals surface area contributed by atoms with Crippen LogP contribution in [0.15, 0.2) is 0 Å². The Hall–Kier alpha value is -0.0800. The first kappa shape index (κ1) is 11.0. The van der Waals surface area contributed by atoms with E-state index in [1.807, 2.05) is 6.92 Å². The molecule has 0 aromatic heterocycles. The molecule has 0 aliphatic heterocycles. The van der Waals surface area contributed by atoms with Crippen molar-refractivity contribution in [1.82, 2.24) is 0 Å². The number of hydrogen-bond donors (Lipinski definition) is 1. The summed E-state index contributed by atoms with van der Waals surface area (Å²) in [4.78, 5) is 0. The first-order valence-corrected chi connectivity index (χ1v) is 5.23. The van der Waals surface area contributed by atoms with Crippen molar-refractivity contribution < 1.29 is 9.84 Å². The molecule has 0 spiro atoms. The van der Waals surface area contributed by atoms with Crippen LogP contribution >= 0.6 is 0 Å². The van der Waals surface area contributed by atoms with E-state index in [1.165, 1.54) is 6.42 Å². The van der Waals surface area contributed by atoms with E-state index in [2.05, 4.69) is 13.8 Å². The van der Waals surface area contributed by atoms with Crippen molar-refractivity contribution in [2.75, 3.05) is 7.11 Å². The standard InChI is InChI=1S/C11H22O2/c1-8(2)9-5-6-11(3,13-4)10(12)7-9/h8-10,12H,5-7H2,1-4H3. The van der Waals surface area contributed by atoms with Gasteiger partial charge in [0.1, 0.15) is 0 Å². The Labute approximate surface area is 81.3 Å². The van der Waals surface area contributed by atoms with Crippen LogP contribution in [-0.2, 0) is 4.74 Å². The van der Waals surface area contributed by atoms with Gasteiger partial charge in [0.25, 0.3) is 0 Å². The van der Waals surface area contributed by atoms with E-state index < -0.39 is 0 Å². The number of ether oxygens (including phenoxy) is 1. The second kappa shape index (κ2) is 3.97. The van der Waals surface area contributed by atoms with Gasteiger partial charge < -0.3 is 9.84 Å². The topological polar surface area (TPSA) is 29.5 Å². The molecule has 0 heterocycles. The van der Waals surface area contributed by atoms with Gasteiger partial charge in [-0.3, -0.25) is 0 Å². The fourth-order valence-corrected chi connectivity index (χ4v) is 2.14. The van der Waals surface area contributed by atoms with Crippen LogP contribution in [0.1, 0.15) is 40.0 Å². The lowest BCUT2D eigenvalue weighted by Crippen LogP contribution is -2.46. The third-order valence-electron chi connectivity index (χ3n) is 3.65. The fraction of sp³-hybridized carbons (Fsp3) is 1.00. The van der Waals surface area contributed by atoms with Crippen LogP contribution in [0.5, 0.6) is 0 Å². The molecule has 1 fully saturated rings. The molecule has 0 aromatic rings. The summed E-state index contributed by atoms with van der Waals surface area (Å²) >= 11 is 0. The Morgan fingerprint density at radius 2 is 2.08 bits per heavy atom. The van der Waals surface area contributed by atoms with E-state index in [0.29, 0.717) is 11.8 Å². The highest BCUT2D eigenvalue weighted by Gasteiger charge is 2.39. The summed E-state index contributed by atoms with van der Waals surface area (Å²) in [5, 5.41) is 9.92. The van der Waals surface area contributed by atoms with Crippen molar-refractivity contribution in [3.8, 4) is 0 Å². The Balaban J connectivity index is 2.56. The lowest BCUT2D eigenvalue weighted by atomic mass is 9.73. The van der Waals surface area contributed by atoms with Gasteiger partial charge in [-0.15, -0.1) is 0 Å². The van der Waals surface area contributed by atoms with E-state index in [9.17, 15) is 5.11 Å². The zero-order valence-electron chi connectivity index (χ0n) is 9.21. The minimum absolute atomic E-state index is 0.293. The summed E-state index contributed by atoms with van der Waals surface area (Å²) < 4.78 is 5.37. The van der Waals surface area contributed by atoms with Crippen LogP contribution in [0, 0.1) is 11.8 Å². The largest absolute Gasteiger partial charge is 0.390 e. The number of rotatable bonds is 2. The Kier molecular flexibility index (Phi) is 3.36. The highest BCUT2D eigenvalue weighted by molar-refractivity contribution is 4.91. The summed E-state index contributed by atoms with van der Waals surface area (Å²) in [5.74, 6) is 1.34. The maximum absolute atomic E-state index is 9.92. The highest BCUT2D eigenvalue weighted by atomic mass is 16.5. The summed E-state index contributed by atoms with van der Waals surface area (Å²) in [6.07, 6.45) is 2.76. The molecule has 13 heavy (non-hydrogen) atoms. The van der Waals surface area contributed by atoms with Crippen LogP contribution in [0.4, 0.5) is 0 Å². The number of methoxy groups -OCH3 is 1. The average molecular weight is 186 g/mol. The van der Waals surface area contributed by atoms with Crippen LogP contribution in [-0.4, -0.2) is 23.9 Å². The maximum Gasteiger partial charge on any atom is 0.0908 e. The smallest absolute Gasteiger partial charge is 0.0908 e. The molecule has 78 valence electrons. The van der Waals surface area contributed by atoms with Gasteiger partial charge in [0, 0.05) is 7.11 Å². The minimum Gasteiger partial charge on any atom is -0.390 e. The predicted octanol–water partition coefficient (Wildman–Crippen LogP) is 2.21. The van der Waals surface area contributed by atoms with Crippen LogP contribution < -0.4 is 0 Å². The van der Waals surface area contributed by atoms with Gasteiger partial charge in [-0.1, -0.05) is 13.8 Å². The van der Waals surface area contributed by atoms with Crippen molar-refractivity contribution in [3.05, 3.63) is 0 Å². The summed E-state index contributed by atoms with van der Waals surface area (Å²) in [7, 11) is 1.69. The van der Waals surface area contributed by atoms with E-state index in [1.54, 1.807) is 7.11 Å². The van der Waals surface area contributed by atoms with Crippen molar-refractivity contribution in [1.29, 1.82) is 0 Å². The van der Waals surface area contributed by atoms with Gasteiger partial charge >= 0.3 is 0 Å². The minimum atomic E-state index is -0.300. The SMILES string of the molecule is COC1(C)CCC(C(C)C)CC1O. The zero-order valence-corrected chi connectivity index (χ0v) is 9.21. The predicted molar refractivity (Wildman–Crippen MR) is 53.6 cm³/mol. The van der Waals surface area contributed by atoms with E-state index >= 15 is 0 Å². The Bertz CT molecular complexity index is 167. The maximum atomic E-state index is 9.92. The third-order valence-corrected chi connectivity index (χ3v) is 3.65. The molecule has 0 radical (unpaired) electrons. The number of aliphatic hydroxyl groups is 1. The van der Waals surface area contributed by atoms with Gasteiger partial charge in [0.2, 0.25) is 0 Å². The highest BCUT2D eigenvalue weighted by Crippen LogP contribution is 2.37. The zero-order chi connectivity index (χ0) is 10.1. The van der Waals surface area contributed by atoms with Gasteiger partial charge in [0.15, 0.2) is 0 Å². The Morgan fingerprint density at radius 1 is 1.46 bits per heavy atom. The van der Waals surface area contributed by atoms with Crippen molar-refractivity contribution in [2.45, 2.75) is 51.7 Å². The molecule has 2 nitrogen and oxygen atoms in total. The fourth-order valence-electron chi connectivity index (χ4n) is 2.14. The van der Waals surface area contributed by atoms with E-state index in [0.717, 1.165) is 12.8 Å². The number of hydrogen-bond acceptors (Lipinski definition) is 2. The molecule has 0 bridgehead atoms. The van der Waals surface area contributed by atoms with Crippen molar-refractivity contribution >= 4 is 0 Å². The van der Waals surface area contributed by atoms with Gasteiger partial charge in [-0.25, -0.2) is 0 Å². The molecule has 3 atom stereocenters. The molecule has 3 unspecified atom stereocenters. The lowest BCUT2D eigenvalue weighted by molar-refractivity contribution is -0.126. The van der Waals surface area contributed by atoms with Gasteiger partial charge in [0.05, 0.1) is 11.7 Å². The molecular formula is C11H22O2. The normalized spacial score (nSPS) is 41.1. The molecule has 1 saturated carbocycles. The summed E-state index contributed by atoms with van der Waals surface area (Å²) in [6.45, 7) is 6.47.